The van der Waals surface area contributed by atoms with E-state index in [9.17, 15) is 0 Å². The Labute approximate surface area is 444 Å². The van der Waals surface area contributed by atoms with Gasteiger partial charge in [-0.05, 0) is 142 Å². The maximum Gasteiger partial charge on any atom is 0.146 e. The second-order valence-corrected chi connectivity index (χ2v) is 33.8. The molecular weight excluding hydrogens is 929 g/mol. The molecule has 74 heavy (non-hydrogen) atoms. The number of aromatic nitrogens is 4. The average molecular weight is 1000 g/mol. The fourth-order valence-corrected chi connectivity index (χ4v) is 23.0. The first kappa shape index (κ1) is 51.9. The Bertz CT molecular complexity index is 3290. The quantitative estimate of drug-likeness (QED) is 0.106. The summed E-state index contributed by atoms with van der Waals surface area (Å²) < 4.78 is 0. The summed E-state index contributed by atoms with van der Waals surface area (Å²) in [4.78, 5) is 19.0. The van der Waals surface area contributed by atoms with Crippen LogP contribution in [0.25, 0.3) is 90.9 Å². The van der Waals surface area contributed by atoms with Gasteiger partial charge in [-0.25, -0.2) is 9.97 Å². The third-order valence-corrected chi connectivity index (χ3v) is 28.9. The number of aryl methyl sites for hydroxylation is 2. The van der Waals surface area contributed by atoms with Gasteiger partial charge in [-0.1, -0.05) is 179 Å². The number of benzene rings is 4. The highest BCUT2D eigenvalue weighted by Crippen LogP contribution is 2.43. The number of rotatable bonds is 10. The largest absolute Gasteiger partial charge is 0.354 e. The molecule has 8 bridgehead atoms. The summed E-state index contributed by atoms with van der Waals surface area (Å²) in [6.07, 6.45) is 8.70. The van der Waals surface area contributed by atoms with Crippen LogP contribution in [-0.4, -0.2) is 36.1 Å². The summed E-state index contributed by atoms with van der Waals surface area (Å²) in [6, 6.07) is 44.1. The van der Waals surface area contributed by atoms with Crippen molar-refractivity contribution in [3.63, 3.8) is 0 Å². The second-order valence-electron chi connectivity index (χ2n) is 22.7. The third-order valence-electron chi connectivity index (χ3n) is 16.4. The molecule has 0 fully saturated rings. The van der Waals surface area contributed by atoms with Crippen LogP contribution in [0.5, 0.6) is 0 Å². The van der Waals surface area contributed by atoms with Gasteiger partial charge in [0, 0.05) is 55.4 Å². The van der Waals surface area contributed by atoms with Crippen LogP contribution < -0.4 is 0 Å². The normalized spacial score (nSPS) is 12.6. The van der Waals surface area contributed by atoms with Crippen LogP contribution in [0.15, 0.2) is 121 Å². The van der Waals surface area contributed by atoms with Crippen molar-refractivity contribution in [2.45, 2.75) is 130 Å². The molecule has 6 heteroatoms. The molecule has 0 aliphatic carbocycles. The third kappa shape index (κ3) is 9.79. The van der Waals surface area contributed by atoms with Crippen LogP contribution in [0.3, 0.4) is 0 Å². The molecule has 2 aliphatic rings. The molecule has 4 aromatic carbocycles. The zero-order valence-electron chi connectivity index (χ0n) is 46.2. The minimum Gasteiger partial charge on any atom is -0.354 e. The molecule has 7 aromatic rings. The Morgan fingerprint density at radius 2 is 0.554 bits per heavy atom. The second kappa shape index (κ2) is 21.1. The number of hydrogen-bond donors (Lipinski definition) is 2. The van der Waals surface area contributed by atoms with E-state index in [1.165, 1.54) is 11.1 Å². The molecule has 0 saturated heterocycles. The van der Waals surface area contributed by atoms with E-state index in [-0.39, 0.29) is 0 Å². The molecule has 2 aliphatic heterocycles. The number of H-pyrrole nitrogens is 2. The molecule has 0 amide bonds. The lowest BCUT2D eigenvalue weighted by molar-refractivity contribution is 0.838. The molecule has 0 spiro atoms. The minimum absolute atomic E-state index is 0.563. The van der Waals surface area contributed by atoms with Gasteiger partial charge < -0.3 is 9.97 Å². The Morgan fingerprint density at radius 3 is 0.784 bits per heavy atom. The highest BCUT2D eigenvalue weighted by Gasteiger charge is 2.42. The summed E-state index contributed by atoms with van der Waals surface area (Å²) in [5, 5.41) is 0. The van der Waals surface area contributed by atoms with Crippen LogP contribution in [-0.2, 0) is 0 Å². The fourth-order valence-electron chi connectivity index (χ4n) is 12.5. The number of nitrogens with zero attached hydrogens (tertiary/aromatic N) is 2. The van der Waals surface area contributed by atoms with Gasteiger partial charge in [0.25, 0.3) is 0 Å². The van der Waals surface area contributed by atoms with E-state index in [0.717, 1.165) is 100 Å². The lowest BCUT2D eigenvalue weighted by Gasteiger charge is -2.38. The fraction of sp³-hybridized carbons (Fsp3) is 0.294. The van der Waals surface area contributed by atoms with Crippen LogP contribution in [0.2, 0.25) is 33.2 Å². The van der Waals surface area contributed by atoms with Gasteiger partial charge in [0.1, 0.15) is 16.1 Å². The molecule has 0 atom stereocenters. The van der Waals surface area contributed by atoms with E-state index in [1.54, 1.807) is 0 Å². The first-order valence-corrected chi connectivity index (χ1v) is 31.4. The van der Waals surface area contributed by atoms with Gasteiger partial charge in [-0.3, -0.25) is 0 Å². The van der Waals surface area contributed by atoms with Crippen molar-refractivity contribution in [3.8, 4) is 67.4 Å². The summed E-state index contributed by atoms with van der Waals surface area (Å²) in [5.41, 5.74) is 31.6. The minimum atomic E-state index is -1.91. The van der Waals surface area contributed by atoms with Gasteiger partial charge >= 0.3 is 0 Å². The molecule has 0 saturated carbocycles. The summed E-state index contributed by atoms with van der Waals surface area (Å²) in [7, 11) is -3.83. The van der Waals surface area contributed by atoms with Crippen LogP contribution >= 0.6 is 0 Å². The topological polar surface area (TPSA) is 57.4 Å². The van der Waals surface area contributed by atoms with Gasteiger partial charge in [0.2, 0.25) is 0 Å². The van der Waals surface area contributed by atoms with Crippen LogP contribution in [0.4, 0.5) is 0 Å². The van der Waals surface area contributed by atoms with Crippen molar-refractivity contribution in [3.05, 3.63) is 166 Å². The van der Waals surface area contributed by atoms with E-state index in [0.29, 0.717) is 33.2 Å². The van der Waals surface area contributed by atoms with Gasteiger partial charge in [0.15, 0.2) is 0 Å². The number of nitrogens with one attached hydrogen (secondary N) is 2. The highest BCUT2D eigenvalue weighted by atomic mass is 28.3. The number of hydrogen-bond acceptors (Lipinski definition) is 2. The molecule has 0 radical (unpaired) electrons. The summed E-state index contributed by atoms with van der Waals surface area (Å²) >= 11 is 0. The van der Waals surface area contributed by atoms with Crippen molar-refractivity contribution in [1.82, 2.24) is 19.9 Å². The van der Waals surface area contributed by atoms with E-state index >= 15 is 0 Å². The molecule has 374 valence electrons. The standard InChI is InChI=1S/C68H74N4Si2/c1-43(2)73(44(3)4,45(5)6)41-39-51-19-27-55(28-20-51)67-61-35-31-57(69-61)65(53-23-15-49(13)16-24-53)59-33-37-63(71-59)68(56-29-21-52(22-30-56)40-42-74(46(7)8,47(9)10)48(11)12)64-38-34-60(72-64)66(58-32-36-62(67)70-58)54-25-17-50(14)18-26-54/h15-38,43-48,69,72H,1-14H3. The van der Waals surface area contributed by atoms with E-state index in [4.69, 9.17) is 9.97 Å². The number of aromatic amines is 2. The maximum absolute atomic E-state index is 5.57. The number of fused-ring (bicyclic) bond motifs is 8. The van der Waals surface area contributed by atoms with Crippen molar-refractivity contribution < 1.29 is 0 Å². The van der Waals surface area contributed by atoms with Crippen LogP contribution in [0, 0.1) is 36.8 Å². The molecule has 4 nitrogen and oxygen atoms in total. The van der Waals surface area contributed by atoms with Crippen molar-refractivity contribution in [2.75, 3.05) is 0 Å². The Balaban J connectivity index is 1.32. The van der Waals surface area contributed by atoms with E-state index < -0.39 is 16.1 Å². The lowest BCUT2D eigenvalue weighted by atomic mass is 10.0. The van der Waals surface area contributed by atoms with E-state index in [1.807, 2.05) is 0 Å². The first-order valence-electron chi connectivity index (χ1n) is 27.0. The first-order chi connectivity index (χ1) is 35.4. The Morgan fingerprint density at radius 1 is 0.324 bits per heavy atom. The Hall–Kier alpha value is -6.97. The van der Waals surface area contributed by atoms with Gasteiger partial charge in [-0.2, -0.15) is 0 Å². The summed E-state index contributed by atoms with van der Waals surface area (Å²) in [6.45, 7) is 32.8. The predicted molar refractivity (Wildman–Crippen MR) is 326 cm³/mol. The molecular formula is C68H74N4Si2. The molecule has 0 unspecified atom stereocenters. The molecule has 9 rings (SSSR count). The van der Waals surface area contributed by atoms with Crippen molar-refractivity contribution in [1.29, 1.82) is 0 Å². The lowest BCUT2D eigenvalue weighted by Crippen LogP contribution is -2.43. The van der Waals surface area contributed by atoms with E-state index in [2.05, 4.69) is 275 Å². The molecule has 5 heterocycles. The highest BCUT2D eigenvalue weighted by molar-refractivity contribution is 6.91. The predicted octanol–water partition coefficient (Wildman–Crippen LogP) is 19.1. The average Bonchev–Trinajstić information content (AvgIpc) is 4.22. The zero-order valence-corrected chi connectivity index (χ0v) is 48.2. The van der Waals surface area contributed by atoms with Gasteiger partial charge in [-0.15, -0.1) is 11.1 Å². The molecule has 3 aromatic heterocycles. The van der Waals surface area contributed by atoms with Crippen LogP contribution in [0.1, 0.15) is 128 Å². The van der Waals surface area contributed by atoms with Crippen molar-refractivity contribution in [2.24, 2.45) is 0 Å². The maximum atomic E-state index is 5.57. The van der Waals surface area contributed by atoms with Gasteiger partial charge in [0.05, 0.1) is 22.8 Å². The SMILES string of the molecule is Cc1ccc(-c2c3nc(c(-c4ccc(C#C[Si](C(C)C)(C(C)C)C(C)C)cc4)c4ccc([nH]4)c(-c4ccc(C)cc4)c4nc(c(-c5ccc(C#C[Si](C(C)C)(C(C)C)C(C)C)cc5)c5ccc2[nH]5)C=C4)C=C3)cc1. The Kier molecular flexibility index (Phi) is 14.8. The smallest absolute Gasteiger partial charge is 0.146 e. The van der Waals surface area contributed by atoms with Crippen molar-refractivity contribution >= 4 is 62.5 Å². The summed E-state index contributed by atoms with van der Waals surface area (Å²) in [5.74, 6) is 7.38. The monoisotopic (exact) mass is 1000 g/mol. The zero-order chi connectivity index (χ0) is 52.6. The molecule has 2 N–H and O–H groups in total.